The Morgan fingerprint density at radius 3 is 2.42 bits per heavy atom. The van der Waals surface area contributed by atoms with E-state index in [0.29, 0.717) is 18.8 Å². The molecule has 3 N–H and O–H groups in total. The van der Waals surface area contributed by atoms with Crippen molar-refractivity contribution in [3.8, 4) is 5.75 Å². The summed E-state index contributed by atoms with van der Waals surface area (Å²) < 4.78 is 23.9. The van der Waals surface area contributed by atoms with Crippen LogP contribution in [0.1, 0.15) is 31.9 Å². The molecule has 0 aromatic heterocycles. The summed E-state index contributed by atoms with van der Waals surface area (Å²) in [7, 11) is 0. The summed E-state index contributed by atoms with van der Waals surface area (Å²) in [5, 5.41) is 14.4. The summed E-state index contributed by atoms with van der Waals surface area (Å²) in [6, 6.07) is 12.4. The number of carbonyl (C=O) groups excluding carboxylic acids is 2. The van der Waals surface area contributed by atoms with E-state index in [1.807, 2.05) is 6.07 Å². The fourth-order valence-corrected chi connectivity index (χ4v) is 2.64. The number of aliphatic hydroxyl groups excluding tert-OH is 1. The summed E-state index contributed by atoms with van der Waals surface area (Å²) in [6.45, 7) is 5.19. The molecule has 8 heteroatoms. The van der Waals surface area contributed by atoms with E-state index in [2.05, 4.69) is 10.6 Å². The highest BCUT2D eigenvalue weighted by molar-refractivity contribution is 5.85. The number of hydrogen-bond acceptors (Lipinski definition) is 5. The number of amides is 2. The van der Waals surface area contributed by atoms with Crippen molar-refractivity contribution in [1.82, 2.24) is 10.6 Å². The summed E-state index contributed by atoms with van der Waals surface area (Å²) in [5.41, 5.74) is 0.972. The molecule has 2 aromatic rings. The third-order valence-electron chi connectivity index (χ3n) is 4.13. The van der Waals surface area contributed by atoms with Gasteiger partial charge in [0.2, 0.25) is 5.91 Å². The van der Waals surface area contributed by atoms with Crippen LogP contribution < -0.4 is 15.4 Å². The Hall–Kier alpha value is -3.13. The standard InChI is InChI=1S/C23H29FN2O5/c1-23(2,3)31-22(29)26-20(15-27)21(28)25-14-17-7-9-19(10-8-17)30-12-11-16-5-4-6-18(24)13-16/h4-10,13,20,27H,11-12,14-15H2,1-3H3,(H,25,28)(H,26,29)/t20-/m1/s1. The van der Waals surface area contributed by atoms with Gasteiger partial charge in [0.05, 0.1) is 13.2 Å². The number of nitrogens with one attached hydrogen (secondary N) is 2. The first-order valence-corrected chi connectivity index (χ1v) is 10.0. The maximum atomic E-state index is 13.2. The number of ether oxygens (including phenoxy) is 2. The first-order valence-electron chi connectivity index (χ1n) is 10.0. The molecule has 1 atom stereocenters. The van der Waals surface area contributed by atoms with Crippen molar-refractivity contribution in [2.24, 2.45) is 0 Å². The molecule has 0 heterocycles. The Morgan fingerprint density at radius 1 is 1.10 bits per heavy atom. The Bertz CT molecular complexity index is 865. The van der Waals surface area contributed by atoms with E-state index in [9.17, 15) is 19.1 Å². The molecule has 0 bridgehead atoms. The minimum absolute atomic E-state index is 0.217. The van der Waals surface area contributed by atoms with E-state index in [-0.39, 0.29) is 12.4 Å². The van der Waals surface area contributed by atoms with Crippen molar-refractivity contribution in [3.05, 3.63) is 65.5 Å². The van der Waals surface area contributed by atoms with Crippen LogP contribution in [0, 0.1) is 5.82 Å². The first-order chi connectivity index (χ1) is 14.7. The average molecular weight is 432 g/mol. The molecule has 0 radical (unpaired) electrons. The predicted octanol–water partition coefficient (Wildman–Crippen LogP) is 2.95. The summed E-state index contributed by atoms with van der Waals surface area (Å²) in [6.07, 6.45) is -0.190. The third-order valence-corrected chi connectivity index (χ3v) is 4.13. The van der Waals surface area contributed by atoms with Crippen LogP contribution in [0.4, 0.5) is 9.18 Å². The van der Waals surface area contributed by atoms with Crippen molar-refractivity contribution < 1.29 is 28.6 Å². The molecule has 7 nitrogen and oxygen atoms in total. The van der Waals surface area contributed by atoms with Crippen LogP contribution in [0.15, 0.2) is 48.5 Å². The van der Waals surface area contributed by atoms with Crippen LogP contribution in [0.3, 0.4) is 0 Å². The SMILES string of the molecule is CC(C)(C)OC(=O)N[C@H](CO)C(=O)NCc1ccc(OCCc2cccc(F)c2)cc1. The summed E-state index contributed by atoms with van der Waals surface area (Å²) in [5.74, 6) is -0.135. The topological polar surface area (TPSA) is 96.9 Å². The maximum absolute atomic E-state index is 13.2. The van der Waals surface area contributed by atoms with Crippen LogP contribution in [-0.2, 0) is 22.5 Å². The molecule has 0 aliphatic carbocycles. The number of carbonyl (C=O) groups is 2. The van der Waals surface area contributed by atoms with Gasteiger partial charge in [-0.3, -0.25) is 4.79 Å². The van der Waals surface area contributed by atoms with Crippen molar-refractivity contribution in [2.75, 3.05) is 13.2 Å². The number of halogens is 1. The van der Waals surface area contributed by atoms with Gasteiger partial charge >= 0.3 is 6.09 Å². The lowest BCUT2D eigenvalue weighted by Gasteiger charge is -2.22. The van der Waals surface area contributed by atoms with Crippen LogP contribution in [0.2, 0.25) is 0 Å². The molecule has 0 fully saturated rings. The fraction of sp³-hybridized carbons (Fsp3) is 0.391. The quantitative estimate of drug-likeness (QED) is 0.566. The highest BCUT2D eigenvalue weighted by Gasteiger charge is 2.23. The molecule has 0 saturated carbocycles. The molecule has 2 aromatic carbocycles. The van der Waals surface area contributed by atoms with E-state index in [4.69, 9.17) is 9.47 Å². The normalized spacial score (nSPS) is 12.0. The van der Waals surface area contributed by atoms with E-state index >= 15 is 0 Å². The average Bonchev–Trinajstić information content (AvgIpc) is 2.70. The highest BCUT2D eigenvalue weighted by Crippen LogP contribution is 2.13. The number of aliphatic hydroxyl groups is 1. The Morgan fingerprint density at radius 2 is 1.81 bits per heavy atom. The summed E-state index contributed by atoms with van der Waals surface area (Å²) in [4.78, 5) is 24.0. The Labute approximate surface area is 181 Å². The van der Waals surface area contributed by atoms with Crippen LogP contribution >= 0.6 is 0 Å². The van der Waals surface area contributed by atoms with E-state index < -0.39 is 30.3 Å². The van der Waals surface area contributed by atoms with Gasteiger partial charge in [0.25, 0.3) is 0 Å². The molecule has 0 saturated heterocycles. The molecule has 168 valence electrons. The zero-order valence-corrected chi connectivity index (χ0v) is 18.0. The molecule has 0 aliphatic rings. The van der Waals surface area contributed by atoms with E-state index in [1.165, 1.54) is 12.1 Å². The van der Waals surface area contributed by atoms with Crippen molar-refractivity contribution in [2.45, 2.75) is 45.4 Å². The Kier molecular flexibility index (Phi) is 8.81. The zero-order valence-electron chi connectivity index (χ0n) is 18.0. The van der Waals surface area contributed by atoms with Crippen molar-refractivity contribution in [1.29, 1.82) is 0 Å². The monoisotopic (exact) mass is 432 g/mol. The maximum Gasteiger partial charge on any atom is 0.408 e. The van der Waals surface area contributed by atoms with Gasteiger partial charge in [0.15, 0.2) is 0 Å². The lowest BCUT2D eigenvalue weighted by molar-refractivity contribution is -0.124. The molecular formula is C23H29FN2O5. The van der Waals surface area contributed by atoms with E-state index in [1.54, 1.807) is 51.1 Å². The molecule has 2 amide bonds. The molecule has 0 unspecified atom stereocenters. The molecule has 0 aliphatic heterocycles. The van der Waals surface area contributed by atoms with Gasteiger partial charge in [-0.15, -0.1) is 0 Å². The number of alkyl carbamates (subject to hydrolysis) is 1. The molecule has 0 spiro atoms. The Balaban J connectivity index is 1.77. The van der Waals surface area contributed by atoms with Gasteiger partial charge in [-0.2, -0.15) is 0 Å². The predicted molar refractivity (Wildman–Crippen MR) is 114 cm³/mol. The largest absolute Gasteiger partial charge is 0.493 e. The second-order valence-corrected chi connectivity index (χ2v) is 7.97. The number of benzene rings is 2. The summed E-state index contributed by atoms with van der Waals surface area (Å²) >= 11 is 0. The molecular weight excluding hydrogens is 403 g/mol. The van der Waals surface area contributed by atoms with Crippen LogP contribution in [0.25, 0.3) is 0 Å². The fourth-order valence-electron chi connectivity index (χ4n) is 2.64. The van der Waals surface area contributed by atoms with Gasteiger partial charge < -0.3 is 25.2 Å². The minimum atomic E-state index is -1.11. The van der Waals surface area contributed by atoms with E-state index in [0.717, 1.165) is 11.1 Å². The number of hydrogen-bond donors (Lipinski definition) is 3. The minimum Gasteiger partial charge on any atom is -0.493 e. The highest BCUT2D eigenvalue weighted by atomic mass is 19.1. The molecule has 31 heavy (non-hydrogen) atoms. The van der Waals surface area contributed by atoms with Gasteiger partial charge in [0.1, 0.15) is 23.2 Å². The lowest BCUT2D eigenvalue weighted by atomic mass is 10.1. The lowest BCUT2D eigenvalue weighted by Crippen LogP contribution is -2.49. The first kappa shape index (κ1) is 24.1. The molecule has 2 rings (SSSR count). The second-order valence-electron chi connectivity index (χ2n) is 7.97. The van der Waals surface area contributed by atoms with Crippen molar-refractivity contribution in [3.63, 3.8) is 0 Å². The third kappa shape index (κ3) is 9.04. The smallest absolute Gasteiger partial charge is 0.408 e. The zero-order chi connectivity index (χ0) is 22.9. The van der Waals surface area contributed by atoms with Gasteiger partial charge in [0, 0.05) is 13.0 Å². The van der Waals surface area contributed by atoms with Gasteiger partial charge in [-0.1, -0.05) is 24.3 Å². The van der Waals surface area contributed by atoms with Gasteiger partial charge in [-0.25, -0.2) is 9.18 Å². The van der Waals surface area contributed by atoms with Crippen LogP contribution in [-0.4, -0.2) is 42.0 Å². The second kappa shape index (κ2) is 11.3. The van der Waals surface area contributed by atoms with Gasteiger partial charge in [-0.05, 0) is 56.2 Å². The van der Waals surface area contributed by atoms with Crippen molar-refractivity contribution >= 4 is 12.0 Å². The van der Waals surface area contributed by atoms with Crippen LogP contribution in [0.5, 0.6) is 5.75 Å². The number of rotatable bonds is 9.